The Bertz CT molecular complexity index is 964. The van der Waals surface area contributed by atoms with Gasteiger partial charge in [-0.2, -0.15) is 0 Å². The lowest BCUT2D eigenvalue weighted by Crippen LogP contribution is -2.41. The fourth-order valence-electron chi connectivity index (χ4n) is 4.84. The van der Waals surface area contributed by atoms with Gasteiger partial charge in [0.2, 0.25) is 5.75 Å². The third kappa shape index (κ3) is 4.32. The van der Waals surface area contributed by atoms with Gasteiger partial charge in [0.1, 0.15) is 0 Å². The van der Waals surface area contributed by atoms with Crippen molar-refractivity contribution in [1.82, 2.24) is 9.80 Å². The van der Waals surface area contributed by atoms with E-state index in [0.29, 0.717) is 41.4 Å². The van der Waals surface area contributed by atoms with Crippen molar-refractivity contribution in [2.24, 2.45) is 0 Å². The first kappa shape index (κ1) is 22.2. The number of hydrogen-bond donors (Lipinski definition) is 0. The van der Waals surface area contributed by atoms with Crippen molar-refractivity contribution in [3.8, 4) is 17.2 Å². The monoisotopic (exact) mass is 436 g/mol. The average Bonchev–Trinajstić information content (AvgIpc) is 3.03. The minimum atomic E-state index is -0.0459. The topological polar surface area (TPSA) is 51.2 Å². The number of likely N-dealkylation sites (N-methyl/N-ethyl adjacent to an activating group) is 1. The summed E-state index contributed by atoms with van der Waals surface area (Å²) in [5.74, 6) is 1.40. The van der Waals surface area contributed by atoms with Crippen molar-refractivity contribution < 1.29 is 19.0 Å². The molecule has 6 nitrogen and oxygen atoms in total. The average molecular weight is 437 g/mol. The molecule has 6 heteroatoms. The molecule has 2 aromatic rings. The number of carbonyl (C=O) groups excluding carboxylic acids is 1. The fraction of sp³-hybridized carbons (Fsp3) is 0.423. The molecule has 0 N–H and O–H groups in total. The number of fused-ring (bicyclic) bond motifs is 2. The van der Waals surface area contributed by atoms with Crippen LogP contribution in [0.2, 0.25) is 0 Å². The second-order valence-electron chi connectivity index (χ2n) is 8.43. The third-order valence-corrected chi connectivity index (χ3v) is 6.69. The summed E-state index contributed by atoms with van der Waals surface area (Å²) in [6.07, 6.45) is 6.28. The molecular weight excluding hydrogens is 404 g/mol. The molecule has 0 aromatic heterocycles. The highest BCUT2D eigenvalue weighted by atomic mass is 16.5. The number of rotatable bonds is 8. The summed E-state index contributed by atoms with van der Waals surface area (Å²) in [5.41, 5.74) is 2.86. The van der Waals surface area contributed by atoms with Gasteiger partial charge in [-0.25, -0.2) is 0 Å². The van der Waals surface area contributed by atoms with E-state index in [1.165, 1.54) is 12.0 Å². The van der Waals surface area contributed by atoms with Crippen LogP contribution in [0.15, 0.2) is 54.2 Å². The highest BCUT2D eigenvalue weighted by molar-refractivity contribution is 5.96. The smallest absolute Gasteiger partial charge is 0.258 e. The van der Waals surface area contributed by atoms with Crippen molar-refractivity contribution in [2.75, 3.05) is 34.9 Å². The van der Waals surface area contributed by atoms with Gasteiger partial charge in [0.05, 0.1) is 21.3 Å². The zero-order chi connectivity index (χ0) is 22.7. The molecule has 2 aromatic carbocycles. The van der Waals surface area contributed by atoms with Gasteiger partial charge >= 0.3 is 0 Å². The molecule has 2 aliphatic heterocycles. The number of nitrogens with zero attached hydrogens (tertiary/aromatic N) is 2. The number of carbonyl (C=O) groups is 1. The molecule has 1 amide bonds. The molecule has 0 radical (unpaired) electrons. The molecule has 2 aliphatic rings. The summed E-state index contributed by atoms with van der Waals surface area (Å²) < 4.78 is 16.4. The van der Waals surface area contributed by atoms with E-state index < -0.39 is 0 Å². The molecule has 4 rings (SSSR count). The van der Waals surface area contributed by atoms with E-state index in [0.717, 1.165) is 25.0 Å². The van der Waals surface area contributed by atoms with Crippen LogP contribution in [0.5, 0.6) is 17.2 Å². The van der Waals surface area contributed by atoms with E-state index in [2.05, 4.69) is 30.2 Å². The Kier molecular flexibility index (Phi) is 6.70. The number of amides is 1. The largest absolute Gasteiger partial charge is 0.493 e. The second kappa shape index (κ2) is 9.65. The highest BCUT2D eigenvalue weighted by Crippen LogP contribution is 2.40. The van der Waals surface area contributed by atoms with Gasteiger partial charge in [0, 0.05) is 36.3 Å². The molecule has 0 unspecified atom stereocenters. The lowest BCUT2D eigenvalue weighted by molar-refractivity contribution is 0.0787. The summed E-state index contributed by atoms with van der Waals surface area (Å²) in [6.45, 7) is 0.620. The van der Waals surface area contributed by atoms with Crippen LogP contribution < -0.4 is 14.2 Å². The van der Waals surface area contributed by atoms with E-state index in [4.69, 9.17) is 14.2 Å². The fourth-order valence-corrected chi connectivity index (χ4v) is 4.84. The number of ether oxygens (including phenoxy) is 3. The summed E-state index contributed by atoms with van der Waals surface area (Å²) >= 11 is 0. The van der Waals surface area contributed by atoms with Crippen LogP contribution in [0.4, 0.5) is 0 Å². The Morgan fingerprint density at radius 1 is 1.03 bits per heavy atom. The molecule has 1 fully saturated rings. The molecule has 170 valence electrons. The third-order valence-electron chi connectivity index (χ3n) is 6.69. The molecule has 32 heavy (non-hydrogen) atoms. The maximum Gasteiger partial charge on any atom is 0.258 e. The van der Waals surface area contributed by atoms with Crippen molar-refractivity contribution >= 4 is 5.91 Å². The molecule has 2 bridgehead atoms. The maximum atomic E-state index is 13.8. The molecule has 0 saturated carbocycles. The summed E-state index contributed by atoms with van der Waals surface area (Å²) in [4.78, 5) is 18.2. The van der Waals surface area contributed by atoms with Crippen LogP contribution in [0.3, 0.4) is 0 Å². The molecule has 1 saturated heterocycles. The quantitative estimate of drug-likeness (QED) is 0.622. The Hall–Kier alpha value is -2.99. The van der Waals surface area contributed by atoms with Crippen molar-refractivity contribution in [3.63, 3.8) is 0 Å². The minimum absolute atomic E-state index is 0.0459. The van der Waals surface area contributed by atoms with Gasteiger partial charge in [0.15, 0.2) is 11.5 Å². The van der Waals surface area contributed by atoms with E-state index in [9.17, 15) is 4.79 Å². The van der Waals surface area contributed by atoms with Gasteiger partial charge in [-0.05, 0) is 50.1 Å². The first-order valence-corrected chi connectivity index (χ1v) is 11.1. The van der Waals surface area contributed by atoms with Crippen LogP contribution in [0, 0.1) is 0 Å². The molecule has 0 spiro atoms. The Balaban J connectivity index is 1.68. The lowest BCUT2D eigenvalue weighted by atomic mass is 10.0. The van der Waals surface area contributed by atoms with Crippen LogP contribution in [-0.2, 0) is 6.42 Å². The Morgan fingerprint density at radius 3 is 2.31 bits per heavy atom. The summed E-state index contributed by atoms with van der Waals surface area (Å²) in [6, 6.07) is 14.7. The summed E-state index contributed by atoms with van der Waals surface area (Å²) in [7, 11) is 6.88. The molecule has 2 heterocycles. The van der Waals surface area contributed by atoms with Gasteiger partial charge in [0.25, 0.3) is 5.91 Å². The van der Waals surface area contributed by atoms with E-state index in [-0.39, 0.29) is 5.91 Å². The van der Waals surface area contributed by atoms with Crippen molar-refractivity contribution in [2.45, 2.75) is 37.8 Å². The van der Waals surface area contributed by atoms with E-state index >= 15 is 0 Å². The van der Waals surface area contributed by atoms with E-state index in [1.54, 1.807) is 33.5 Å². The van der Waals surface area contributed by atoms with Gasteiger partial charge in [-0.1, -0.05) is 30.3 Å². The SMILES string of the molecule is COc1cc(C(=O)N(CCc2ccccc2)C2=C[C@@H]3CC[C@@H](C2)N3C)cc(OC)c1OC. The molecular formula is C26H32N2O4. The molecule has 2 atom stereocenters. The van der Waals surface area contributed by atoms with Gasteiger partial charge in [-0.3, -0.25) is 9.69 Å². The van der Waals surface area contributed by atoms with Crippen LogP contribution in [-0.4, -0.2) is 62.7 Å². The number of hydrogen-bond acceptors (Lipinski definition) is 5. The standard InChI is InChI=1S/C26H32N2O4/c1-27-20-10-11-21(27)17-22(16-20)28(13-12-18-8-6-5-7-9-18)26(29)19-14-23(30-2)25(32-4)24(15-19)31-3/h5-9,14-16,20-21H,10-13,17H2,1-4H3/t20-,21-/m0/s1. The van der Waals surface area contributed by atoms with Gasteiger partial charge < -0.3 is 19.1 Å². The Labute approximate surface area is 190 Å². The van der Waals surface area contributed by atoms with Crippen LogP contribution >= 0.6 is 0 Å². The number of benzene rings is 2. The lowest BCUT2D eigenvalue weighted by Gasteiger charge is -2.35. The maximum absolute atomic E-state index is 13.8. The van der Waals surface area contributed by atoms with Crippen LogP contribution in [0.1, 0.15) is 35.2 Å². The first-order valence-electron chi connectivity index (χ1n) is 11.1. The first-order chi connectivity index (χ1) is 15.5. The minimum Gasteiger partial charge on any atom is -0.493 e. The van der Waals surface area contributed by atoms with Gasteiger partial charge in [-0.15, -0.1) is 0 Å². The highest BCUT2D eigenvalue weighted by Gasteiger charge is 2.36. The predicted octanol–water partition coefficient (Wildman–Crippen LogP) is 4.15. The van der Waals surface area contributed by atoms with Crippen molar-refractivity contribution in [1.29, 1.82) is 0 Å². The normalized spacial score (nSPS) is 19.9. The molecule has 0 aliphatic carbocycles. The van der Waals surface area contributed by atoms with Crippen LogP contribution in [0.25, 0.3) is 0 Å². The predicted molar refractivity (Wildman–Crippen MR) is 125 cm³/mol. The Morgan fingerprint density at radius 2 is 1.72 bits per heavy atom. The number of methoxy groups -OCH3 is 3. The zero-order valence-electron chi connectivity index (χ0n) is 19.3. The van der Waals surface area contributed by atoms with Crippen molar-refractivity contribution in [3.05, 3.63) is 65.4 Å². The van der Waals surface area contributed by atoms with E-state index in [1.807, 2.05) is 23.1 Å². The summed E-state index contributed by atoms with van der Waals surface area (Å²) in [5, 5.41) is 0. The second-order valence-corrected chi connectivity index (χ2v) is 8.43. The zero-order valence-corrected chi connectivity index (χ0v) is 19.3.